The molecule has 0 atom stereocenters. The van der Waals surface area contributed by atoms with Gasteiger partial charge in [-0.15, -0.1) is 11.3 Å². The lowest BCUT2D eigenvalue weighted by molar-refractivity contribution is -0.134. The summed E-state index contributed by atoms with van der Waals surface area (Å²) in [4.78, 5) is 14.9. The number of amides is 1. The second kappa shape index (κ2) is 7.77. The molecule has 0 aliphatic carbocycles. The first kappa shape index (κ1) is 18.9. The van der Waals surface area contributed by atoms with E-state index in [1.165, 1.54) is 15.6 Å². The van der Waals surface area contributed by atoms with Crippen LogP contribution in [0.3, 0.4) is 0 Å². The molecule has 1 amide bonds. The van der Waals surface area contributed by atoms with Crippen molar-refractivity contribution in [2.45, 2.75) is 18.1 Å². The molecule has 26 heavy (non-hydrogen) atoms. The fourth-order valence-corrected chi connectivity index (χ4v) is 5.59. The van der Waals surface area contributed by atoms with Gasteiger partial charge in [0.1, 0.15) is 9.96 Å². The molecule has 0 radical (unpaired) electrons. The fourth-order valence-electron chi connectivity index (χ4n) is 2.73. The van der Waals surface area contributed by atoms with Gasteiger partial charge >= 0.3 is 0 Å². The van der Waals surface area contributed by atoms with Crippen LogP contribution in [0.1, 0.15) is 10.4 Å². The summed E-state index contributed by atoms with van der Waals surface area (Å²) in [6, 6.07) is 11.0. The van der Waals surface area contributed by atoms with Crippen molar-refractivity contribution >= 4 is 27.3 Å². The minimum Gasteiger partial charge on any atom is -0.484 e. The summed E-state index contributed by atoms with van der Waals surface area (Å²) < 4.78 is 32.6. The van der Waals surface area contributed by atoms with E-state index in [4.69, 9.17) is 4.74 Å². The lowest BCUT2D eigenvalue weighted by atomic mass is 10.2. The van der Waals surface area contributed by atoms with E-state index in [0.29, 0.717) is 36.1 Å². The van der Waals surface area contributed by atoms with Crippen LogP contribution in [0, 0.1) is 13.8 Å². The molecule has 1 aromatic carbocycles. The predicted molar refractivity (Wildman–Crippen MR) is 101 cm³/mol. The standard InChI is InChI=1S/C18H22N2O4S2/c1-14-3-6-16(7-4-14)24-13-17(21)19-9-11-20(12-10-19)26(22,23)18-8-5-15(2)25-18/h3-8H,9-13H2,1-2H3. The van der Waals surface area contributed by atoms with Crippen LogP contribution in [0.15, 0.2) is 40.6 Å². The molecule has 1 aliphatic rings. The van der Waals surface area contributed by atoms with Crippen molar-refractivity contribution in [3.63, 3.8) is 0 Å². The average Bonchev–Trinajstić information content (AvgIpc) is 3.08. The molecule has 2 aromatic rings. The number of hydrogen-bond acceptors (Lipinski definition) is 5. The molecule has 1 fully saturated rings. The number of ether oxygens (including phenoxy) is 1. The second-order valence-corrected chi connectivity index (χ2v) is 9.70. The topological polar surface area (TPSA) is 66.9 Å². The zero-order valence-electron chi connectivity index (χ0n) is 14.8. The van der Waals surface area contributed by atoms with Crippen molar-refractivity contribution < 1.29 is 17.9 Å². The summed E-state index contributed by atoms with van der Waals surface area (Å²) in [5.74, 6) is 0.521. The lowest BCUT2D eigenvalue weighted by Gasteiger charge is -2.33. The van der Waals surface area contributed by atoms with Gasteiger partial charge in [-0.1, -0.05) is 17.7 Å². The summed E-state index contributed by atoms with van der Waals surface area (Å²) in [7, 11) is -3.47. The monoisotopic (exact) mass is 394 g/mol. The highest BCUT2D eigenvalue weighted by Crippen LogP contribution is 2.25. The van der Waals surface area contributed by atoms with Crippen molar-refractivity contribution in [3.8, 4) is 5.75 Å². The van der Waals surface area contributed by atoms with Gasteiger partial charge < -0.3 is 9.64 Å². The predicted octanol–water partition coefficient (Wildman–Crippen LogP) is 2.28. The van der Waals surface area contributed by atoms with E-state index in [-0.39, 0.29) is 12.5 Å². The van der Waals surface area contributed by atoms with Gasteiger partial charge in [0.15, 0.2) is 6.61 Å². The largest absolute Gasteiger partial charge is 0.484 e. The third-order valence-electron chi connectivity index (χ3n) is 4.28. The summed E-state index contributed by atoms with van der Waals surface area (Å²) in [5.41, 5.74) is 1.13. The van der Waals surface area contributed by atoms with Crippen LogP contribution in [-0.4, -0.2) is 56.3 Å². The number of hydrogen-bond donors (Lipinski definition) is 0. The molecular weight excluding hydrogens is 372 g/mol. The quantitative estimate of drug-likeness (QED) is 0.780. The van der Waals surface area contributed by atoms with Gasteiger partial charge in [0.25, 0.3) is 15.9 Å². The maximum Gasteiger partial charge on any atom is 0.260 e. The molecule has 1 saturated heterocycles. The Morgan fingerprint density at radius 2 is 1.69 bits per heavy atom. The molecule has 1 aliphatic heterocycles. The Morgan fingerprint density at radius 1 is 1.04 bits per heavy atom. The molecule has 3 rings (SSSR count). The first-order valence-corrected chi connectivity index (χ1v) is 10.7. The van der Waals surface area contributed by atoms with Gasteiger partial charge in [-0.3, -0.25) is 4.79 Å². The number of carbonyl (C=O) groups excluding carboxylic acids is 1. The maximum atomic E-state index is 12.6. The highest BCUT2D eigenvalue weighted by Gasteiger charge is 2.31. The molecule has 1 aromatic heterocycles. The molecular formula is C18H22N2O4S2. The van der Waals surface area contributed by atoms with Crippen LogP contribution >= 0.6 is 11.3 Å². The normalized spacial score (nSPS) is 15.8. The van der Waals surface area contributed by atoms with Gasteiger partial charge in [-0.05, 0) is 38.1 Å². The minimum absolute atomic E-state index is 0.0417. The molecule has 0 N–H and O–H groups in total. The van der Waals surface area contributed by atoms with Crippen LogP contribution < -0.4 is 4.74 Å². The Hall–Kier alpha value is -1.90. The Labute approximate surface area is 158 Å². The number of aryl methyl sites for hydroxylation is 2. The Bertz CT molecular complexity index is 867. The van der Waals surface area contributed by atoms with E-state index in [1.807, 2.05) is 38.1 Å². The number of piperazine rings is 1. The number of carbonyl (C=O) groups is 1. The van der Waals surface area contributed by atoms with Crippen molar-refractivity contribution in [1.29, 1.82) is 0 Å². The number of rotatable bonds is 5. The van der Waals surface area contributed by atoms with E-state index in [0.717, 1.165) is 10.4 Å². The summed E-state index contributed by atoms with van der Waals surface area (Å²) >= 11 is 1.27. The van der Waals surface area contributed by atoms with Crippen LogP contribution in [0.4, 0.5) is 0 Å². The number of thiophene rings is 1. The number of nitrogens with zero attached hydrogens (tertiary/aromatic N) is 2. The third kappa shape index (κ3) is 4.25. The maximum absolute atomic E-state index is 12.6. The van der Waals surface area contributed by atoms with Gasteiger partial charge in [0.2, 0.25) is 0 Å². The van der Waals surface area contributed by atoms with Crippen LogP contribution in [-0.2, 0) is 14.8 Å². The second-order valence-electron chi connectivity index (χ2n) is 6.25. The molecule has 8 heteroatoms. The van der Waals surface area contributed by atoms with Crippen LogP contribution in [0.2, 0.25) is 0 Å². The van der Waals surface area contributed by atoms with Crippen molar-refractivity contribution in [2.24, 2.45) is 0 Å². The first-order chi connectivity index (χ1) is 12.4. The molecule has 140 valence electrons. The number of benzene rings is 1. The van der Waals surface area contributed by atoms with E-state index >= 15 is 0 Å². The number of sulfonamides is 1. The zero-order valence-corrected chi connectivity index (χ0v) is 16.5. The highest BCUT2D eigenvalue weighted by molar-refractivity contribution is 7.91. The smallest absolute Gasteiger partial charge is 0.260 e. The Kier molecular flexibility index (Phi) is 5.64. The van der Waals surface area contributed by atoms with Gasteiger partial charge in [-0.2, -0.15) is 4.31 Å². The summed E-state index contributed by atoms with van der Waals surface area (Å²) in [6.07, 6.45) is 0. The van der Waals surface area contributed by atoms with E-state index in [1.54, 1.807) is 17.0 Å². The van der Waals surface area contributed by atoms with Crippen LogP contribution in [0.5, 0.6) is 5.75 Å². The Balaban J connectivity index is 1.53. The fraction of sp³-hybridized carbons (Fsp3) is 0.389. The molecule has 0 bridgehead atoms. The van der Waals surface area contributed by atoms with E-state index in [9.17, 15) is 13.2 Å². The third-order valence-corrected chi connectivity index (χ3v) is 7.65. The molecule has 0 unspecified atom stereocenters. The van der Waals surface area contributed by atoms with Gasteiger partial charge in [0.05, 0.1) is 0 Å². The van der Waals surface area contributed by atoms with Crippen molar-refractivity contribution in [3.05, 3.63) is 46.8 Å². The molecule has 2 heterocycles. The van der Waals surface area contributed by atoms with Crippen LogP contribution in [0.25, 0.3) is 0 Å². The summed E-state index contributed by atoms with van der Waals surface area (Å²) in [5, 5.41) is 0. The van der Waals surface area contributed by atoms with E-state index in [2.05, 4.69) is 0 Å². The van der Waals surface area contributed by atoms with Crippen molar-refractivity contribution in [1.82, 2.24) is 9.21 Å². The van der Waals surface area contributed by atoms with Gasteiger partial charge in [0, 0.05) is 31.1 Å². The van der Waals surface area contributed by atoms with E-state index < -0.39 is 10.0 Å². The first-order valence-electron chi connectivity index (χ1n) is 8.40. The average molecular weight is 395 g/mol. The lowest BCUT2D eigenvalue weighted by Crippen LogP contribution is -2.51. The summed E-state index contributed by atoms with van der Waals surface area (Å²) in [6.45, 7) is 5.18. The highest BCUT2D eigenvalue weighted by atomic mass is 32.2. The minimum atomic E-state index is -3.47. The Morgan fingerprint density at radius 3 is 2.27 bits per heavy atom. The molecule has 0 spiro atoms. The molecule has 6 nitrogen and oxygen atoms in total. The zero-order chi connectivity index (χ0) is 18.7. The van der Waals surface area contributed by atoms with Crippen molar-refractivity contribution in [2.75, 3.05) is 32.8 Å². The molecule has 0 saturated carbocycles. The SMILES string of the molecule is Cc1ccc(OCC(=O)N2CCN(S(=O)(=O)c3ccc(C)s3)CC2)cc1. The van der Waals surface area contributed by atoms with Gasteiger partial charge in [-0.25, -0.2) is 8.42 Å².